The van der Waals surface area contributed by atoms with Crippen LogP contribution in [0.3, 0.4) is 0 Å². The van der Waals surface area contributed by atoms with E-state index in [-0.39, 0.29) is 39.9 Å². The molecule has 0 fully saturated rings. The zero-order chi connectivity index (χ0) is 19.6. The van der Waals surface area contributed by atoms with Gasteiger partial charge in [-0.2, -0.15) is 0 Å². The number of nitrogens with zero attached hydrogens (tertiary/aromatic N) is 3. The Morgan fingerprint density at radius 2 is 1.30 bits per heavy atom. The first-order valence-corrected chi connectivity index (χ1v) is 7.61. The molecule has 0 amide bonds. The van der Waals surface area contributed by atoms with Crippen molar-refractivity contribution in [1.82, 2.24) is 0 Å². The Kier molecular flexibility index (Phi) is 4.58. The fourth-order valence-electron chi connectivity index (χ4n) is 2.39. The van der Waals surface area contributed by atoms with E-state index in [1.807, 2.05) is 0 Å². The molecular formula is C18H13N3O6. The van der Waals surface area contributed by atoms with Crippen LogP contribution in [0.4, 0.5) is 17.1 Å². The fraction of sp³-hybridized carbons (Fsp3) is 0. The number of phenolic OH excluding ortho intramolecular Hbond substituents is 4. The van der Waals surface area contributed by atoms with E-state index >= 15 is 0 Å². The Morgan fingerprint density at radius 3 is 1.89 bits per heavy atom. The van der Waals surface area contributed by atoms with Crippen molar-refractivity contribution in [1.29, 1.82) is 0 Å². The highest BCUT2D eigenvalue weighted by molar-refractivity contribution is 5.80. The molecule has 3 aromatic carbocycles. The molecular weight excluding hydrogens is 354 g/mol. The predicted molar refractivity (Wildman–Crippen MR) is 95.8 cm³/mol. The van der Waals surface area contributed by atoms with Crippen molar-refractivity contribution < 1.29 is 25.3 Å². The Balaban J connectivity index is 2.03. The van der Waals surface area contributed by atoms with Crippen molar-refractivity contribution in [2.24, 2.45) is 10.2 Å². The van der Waals surface area contributed by atoms with Crippen LogP contribution in [0.5, 0.6) is 23.0 Å². The van der Waals surface area contributed by atoms with Gasteiger partial charge < -0.3 is 20.4 Å². The third-order valence-corrected chi connectivity index (χ3v) is 3.76. The molecule has 0 unspecified atom stereocenters. The molecule has 0 bridgehead atoms. The molecule has 0 aromatic heterocycles. The summed E-state index contributed by atoms with van der Waals surface area (Å²) in [5, 5.41) is 58.0. The van der Waals surface area contributed by atoms with Crippen LogP contribution in [-0.4, -0.2) is 25.3 Å². The Labute approximate surface area is 152 Å². The third kappa shape index (κ3) is 3.47. The zero-order valence-corrected chi connectivity index (χ0v) is 13.6. The molecule has 0 atom stereocenters. The first-order chi connectivity index (χ1) is 12.9. The third-order valence-electron chi connectivity index (χ3n) is 3.76. The van der Waals surface area contributed by atoms with Crippen LogP contribution in [0.15, 0.2) is 64.8 Å². The van der Waals surface area contributed by atoms with Gasteiger partial charge in [0.1, 0.15) is 17.2 Å². The summed E-state index contributed by atoms with van der Waals surface area (Å²) in [6.07, 6.45) is 0. The average molecular weight is 367 g/mol. The van der Waals surface area contributed by atoms with Gasteiger partial charge in [0, 0.05) is 17.7 Å². The van der Waals surface area contributed by atoms with Crippen LogP contribution in [0.25, 0.3) is 11.1 Å². The molecule has 0 spiro atoms. The number of rotatable bonds is 4. The summed E-state index contributed by atoms with van der Waals surface area (Å²) in [5.74, 6) is -1.45. The molecule has 0 aliphatic rings. The van der Waals surface area contributed by atoms with Crippen molar-refractivity contribution in [3.05, 3.63) is 64.7 Å². The number of nitro groups is 1. The lowest BCUT2D eigenvalue weighted by molar-refractivity contribution is -0.384. The van der Waals surface area contributed by atoms with Gasteiger partial charge in [0.25, 0.3) is 5.69 Å². The monoisotopic (exact) mass is 367 g/mol. The SMILES string of the molecule is O=[N+]([O-])c1ccc(-c2ccc(O)c(N=Nc3c(O)cccc3O)c2O)cc1. The Hall–Kier alpha value is -4.14. The molecule has 136 valence electrons. The van der Waals surface area contributed by atoms with Crippen LogP contribution >= 0.6 is 0 Å². The Morgan fingerprint density at radius 1 is 0.741 bits per heavy atom. The normalized spacial score (nSPS) is 11.0. The van der Waals surface area contributed by atoms with E-state index in [9.17, 15) is 30.5 Å². The van der Waals surface area contributed by atoms with E-state index in [4.69, 9.17) is 0 Å². The second kappa shape index (κ2) is 7.00. The average Bonchev–Trinajstić information content (AvgIpc) is 2.64. The molecule has 27 heavy (non-hydrogen) atoms. The molecule has 3 aromatic rings. The van der Waals surface area contributed by atoms with E-state index in [0.29, 0.717) is 5.56 Å². The predicted octanol–water partition coefficient (Wildman–Crippen LogP) is 4.50. The molecule has 0 aliphatic heterocycles. The van der Waals surface area contributed by atoms with E-state index in [2.05, 4.69) is 10.2 Å². The topological polar surface area (TPSA) is 149 Å². The van der Waals surface area contributed by atoms with E-state index in [0.717, 1.165) is 0 Å². The number of phenols is 4. The Bertz CT molecular complexity index is 1030. The standard InChI is InChI=1S/C18H13N3O6/c22-13-2-1-3-14(23)16(13)19-20-17-15(24)9-8-12(18(17)25)10-4-6-11(7-5-10)21(26)27/h1-9,22-25H. The second-order valence-corrected chi connectivity index (χ2v) is 5.48. The number of nitro benzene ring substituents is 1. The summed E-state index contributed by atoms with van der Waals surface area (Å²) in [5.41, 5.74) is 0.107. The molecule has 0 aliphatic carbocycles. The lowest BCUT2D eigenvalue weighted by Crippen LogP contribution is -1.87. The smallest absolute Gasteiger partial charge is 0.269 e. The molecule has 0 heterocycles. The molecule has 9 nitrogen and oxygen atoms in total. The summed E-state index contributed by atoms with van der Waals surface area (Å²) < 4.78 is 0. The first kappa shape index (κ1) is 17.7. The summed E-state index contributed by atoms with van der Waals surface area (Å²) in [7, 11) is 0. The van der Waals surface area contributed by atoms with E-state index in [1.165, 1.54) is 54.6 Å². The van der Waals surface area contributed by atoms with Crippen molar-refractivity contribution >= 4 is 17.1 Å². The van der Waals surface area contributed by atoms with Crippen LogP contribution in [-0.2, 0) is 0 Å². The molecule has 0 saturated heterocycles. The highest BCUT2D eigenvalue weighted by Crippen LogP contribution is 2.45. The summed E-state index contributed by atoms with van der Waals surface area (Å²) in [4.78, 5) is 10.2. The fourth-order valence-corrected chi connectivity index (χ4v) is 2.39. The van der Waals surface area contributed by atoms with E-state index < -0.39 is 10.7 Å². The largest absolute Gasteiger partial charge is 0.505 e. The van der Waals surface area contributed by atoms with Crippen LogP contribution in [0.1, 0.15) is 0 Å². The lowest BCUT2D eigenvalue weighted by Gasteiger charge is -2.08. The van der Waals surface area contributed by atoms with Gasteiger partial charge in [0.05, 0.1) is 4.92 Å². The summed E-state index contributed by atoms with van der Waals surface area (Å²) in [6.45, 7) is 0. The first-order valence-electron chi connectivity index (χ1n) is 7.61. The number of azo groups is 1. The van der Waals surface area contributed by atoms with Crippen molar-refractivity contribution in [3.63, 3.8) is 0 Å². The maximum Gasteiger partial charge on any atom is 0.269 e. The van der Waals surface area contributed by atoms with Gasteiger partial charge in [-0.25, -0.2) is 0 Å². The zero-order valence-electron chi connectivity index (χ0n) is 13.6. The van der Waals surface area contributed by atoms with Gasteiger partial charge >= 0.3 is 0 Å². The molecule has 4 N–H and O–H groups in total. The molecule has 9 heteroatoms. The van der Waals surface area contributed by atoms with E-state index in [1.54, 1.807) is 0 Å². The van der Waals surface area contributed by atoms with Gasteiger partial charge in [0.2, 0.25) is 0 Å². The lowest BCUT2D eigenvalue weighted by atomic mass is 10.0. The van der Waals surface area contributed by atoms with Gasteiger partial charge in [-0.15, -0.1) is 10.2 Å². The van der Waals surface area contributed by atoms with Crippen molar-refractivity contribution in [2.45, 2.75) is 0 Å². The quantitative estimate of drug-likeness (QED) is 0.303. The van der Waals surface area contributed by atoms with Crippen LogP contribution < -0.4 is 0 Å². The highest BCUT2D eigenvalue weighted by atomic mass is 16.6. The minimum absolute atomic E-state index is 0.105. The van der Waals surface area contributed by atoms with Gasteiger partial charge in [0.15, 0.2) is 17.1 Å². The molecule has 0 saturated carbocycles. The highest BCUT2D eigenvalue weighted by Gasteiger charge is 2.15. The minimum Gasteiger partial charge on any atom is -0.505 e. The summed E-state index contributed by atoms with van der Waals surface area (Å²) in [6, 6.07) is 12.1. The van der Waals surface area contributed by atoms with Crippen LogP contribution in [0, 0.1) is 10.1 Å². The van der Waals surface area contributed by atoms with Crippen molar-refractivity contribution in [3.8, 4) is 34.1 Å². The minimum atomic E-state index is -0.543. The summed E-state index contributed by atoms with van der Waals surface area (Å²) >= 11 is 0. The second-order valence-electron chi connectivity index (χ2n) is 5.48. The number of aromatic hydroxyl groups is 4. The molecule has 3 rings (SSSR count). The molecule has 0 radical (unpaired) electrons. The van der Waals surface area contributed by atoms with Gasteiger partial charge in [-0.3, -0.25) is 10.1 Å². The number of hydrogen-bond donors (Lipinski definition) is 4. The number of non-ortho nitro benzene ring substituents is 1. The maximum absolute atomic E-state index is 10.7. The number of benzene rings is 3. The number of hydrogen-bond acceptors (Lipinski definition) is 8. The maximum atomic E-state index is 10.7. The van der Waals surface area contributed by atoms with Crippen molar-refractivity contribution in [2.75, 3.05) is 0 Å². The van der Waals surface area contributed by atoms with Gasteiger partial charge in [-0.1, -0.05) is 6.07 Å². The van der Waals surface area contributed by atoms with Crippen LogP contribution in [0.2, 0.25) is 0 Å². The van der Waals surface area contributed by atoms with Gasteiger partial charge in [-0.05, 0) is 42.0 Å².